The van der Waals surface area contributed by atoms with Crippen LogP contribution < -0.4 is 10.6 Å². The Labute approximate surface area is 156 Å². The summed E-state index contributed by atoms with van der Waals surface area (Å²) in [5, 5.41) is 15.2. The van der Waals surface area contributed by atoms with Crippen LogP contribution in [0.1, 0.15) is 45.3 Å². The summed E-state index contributed by atoms with van der Waals surface area (Å²) in [5.41, 5.74) is -0.107. The van der Waals surface area contributed by atoms with Gasteiger partial charge in [-0.25, -0.2) is 4.99 Å². The minimum Gasteiger partial charge on any atom is -0.385 e. The van der Waals surface area contributed by atoms with Crippen LogP contribution in [0.5, 0.6) is 0 Å². The topological polar surface area (TPSA) is 85.6 Å². The number of rotatable bonds is 8. The third-order valence-electron chi connectivity index (χ3n) is 5.97. The van der Waals surface area contributed by atoms with Crippen molar-refractivity contribution < 1.29 is 9.47 Å². The quantitative estimate of drug-likeness (QED) is 0.411. The van der Waals surface area contributed by atoms with Crippen molar-refractivity contribution in [2.75, 3.05) is 27.4 Å². The van der Waals surface area contributed by atoms with Gasteiger partial charge in [-0.05, 0) is 26.7 Å². The first kappa shape index (κ1) is 20.6. The van der Waals surface area contributed by atoms with E-state index in [0.29, 0.717) is 12.6 Å². The van der Waals surface area contributed by atoms with Crippen LogP contribution in [0.4, 0.5) is 0 Å². The molecule has 2 atom stereocenters. The van der Waals surface area contributed by atoms with Gasteiger partial charge in [0.05, 0.1) is 5.60 Å². The minimum absolute atomic E-state index is 0.0120. The van der Waals surface area contributed by atoms with E-state index in [1.165, 1.54) is 0 Å². The lowest BCUT2D eigenvalue weighted by Gasteiger charge is -2.59. The van der Waals surface area contributed by atoms with E-state index < -0.39 is 0 Å². The maximum Gasteiger partial charge on any atom is 0.191 e. The molecule has 1 aliphatic carbocycles. The molecule has 8 heteroatoms. The second-order valence-electron chi connectivity index (χ2n) is 7.72. The van der Waals surface area contributed by atoms with Crippen LogP contribution in [0.25, 0.3) is 0 Å². The normalized spacial score (nSPS) is 25.0. The monoisotopic (exact) mass is 366 g/mol. The summed E-state index contributed by atoms with van der Waals surface area (Å²) in [5.74, 6) is 2.52. The predicted molar refractivity (Wildman–Crippen MR) is 102 cm³/mol. The Morgan fingerprint density at radius 1 is 1.31 bits per heavy atom. The van der Waals surface area contributed by atoms with Crippen molar-refractivity contribution in [1.29, 1.82) is 0 Å². The first-order valence-corrected chi connectivity index (χ1v) is 9.19. The van der Waals surface area contributed by atoms with E-state index in [4.69, 9.17) is 14.5 Å². The van der Waals surface area contributed by atoms with Gasteiger partial charge >= 0.3 is 0 Å². The predicted octanol–water partition coefficient (Wildman–Crippen LogP) is 1.40. The van der Waals surface area contributed by atoms with Crippen LogP contribution in [0.2, 0.25) is 0 Å². The lowest BCUT2D eigenvalue weighted by molar-refractivity contribution is -0.176. The zero-order chi connectivity index (χ0) is 19.4. The Hall–Kier alpha value is -1.67. The highest BCUT2D eigenvalue weighted by atomic mass is 16.5. The molecular formula is C18H34N6O2. The molecule has 2 rings (SSSR count). The summed E-state index contributed by atoms with van der Waals surface area (Å²) in [6.45, 7) is 10.6. The first-order valence-electron chi connectivity index (χ1n) is 9.19. The van der Waals surface area contributed by atoms with Crippen LogP contribution in [-0.2, 0) is 23.1 Å². The molecule has 1 fully saturated rings. The summed E-state index contributed by atoms with van der Waals surface area (Å²) in [6, 6.07) is 0.294. The fraction of sp³-hybridized carbons (Fsp3) is 0.833. The molecule has 0 amide bonds. The van der Waals surface area contributed by atoms with Crippen molar-refractivity contribution in [1.82, 2.24) is 25.4 Å². The van der Waals surface area contributed by atoms with Crippen molar-refractivity contribution >= 4 is 5.96 Å². The van der Waals surface area contributed by atoms with Crippen LogP contribution in [0.3, 0.4) is 0 Å². The first-order chi connectivity index (χ1) is 12.2. The van der Waals surface area contributed by atoms with Crippen molar-refractivity contribution in [3.05, 3.63) is 11.6 Å². The van der Waals surface area contributed by atoms with Crippen LogP contribution in [-0.4, -0.2) is 59.7 Å². The standard InChI is InChI=1S/C18H34N6O2/c1-13-22-23-15(24(13)5)12-20-16(19-9-8-10-25-6)21-14-11-18(4,26-7)17(14,2)3/h14H,8-12H2,1-7H3,(H2,19,20,21). The summed E-state index contributed by atoms with van der Waals surface area (Å²) in [7, 11) is 5.46. The van der Waals surface area contributed by atoms with E-state index in [2.05, 4.69) is 41.6 Å². The molecule has 1 aromatic heterocycles. The van der Waals surface area contributed by atoms with Gasteiger partial charge in [-0.15, -0.1) is 10.2 Å². The Balaban J connectivity index is 2.04. The average Bonchev–Trinajstić information content (AvgIpc) is 2.93. The van der Waals surface area contributed by atoms with Crippen molar-refractivity contribution in [3.8, 4) is 0 Å². The van der Waals surface area contributed by atoms with E-state index in [0.717, 1.165) is 43.6 Å². The van der Waals surface area contributed by atoms with E-state index in [-0.39, 0.29) is 11.0 Å². The Morgan fingerprint density at radius 3 is 2.58 bits per heavy atom. The second kappa shape index (κ2) is 8.35. The molecule has 1 heterocycles. The zero-order valence-corrected chi connectivity index (χ0v) is 17.2. The Bertz CT molecular complexity index is 627. The molecule has 2 unspecified atom stereocenters. The molecule has 0 bridgehead atoms. The fourth-order valence-corrected chi connectivity index (χ4v) is 3.20. The lowest BCUT2D eigenvalue weighted by Crippen LogP contribution is -2.69. The highest BCUT2D eigenvalue weighted by Gasteiger charge is 2.58. The van der Waals surface area contributed by atoms with Gasteiger partial charge in [-0.1, -0.05) is 13.8 Å². The number of aliphatic imine (C=N–C) groups is 1. The summed E-state index contributed by atoms with van der Waals surface area (Å²) in [6.07, 6.45) is 1.86. The van der Waals surface area contributed by atoms with Crippen LogP contribution >= 0.6 is 0 Å². The van der Waals surface area contributed by atoms with E-state index in [1.807, 2.05) is 18.5 Å². The third kappa shape index (κ3) is 4.17. The van der Waals surface area contributed by atoms with Gasteiger partial charge in [0, 0.05) is 45.9 Å². The molecule has 0 aliphatic heterocycles. The molecule has 8 nitrogen and oxygen atoms in total. The molecule has 0 radical (unpaired) electrons. The summed E-state index contributed by atoms with van der Waals surface area (Å²) < 4.78 is 12.8. The molecule has 1 aliphatic rings. The third-order valence-corrected chi connectivity index (χ3v) is 5.97. The van der Waals surface area contributed by atoms with Gasteiger partial charge in [0.25, 0.3) is 0 Å². The van der Waals surface area contributed by atoms with Gasteiger partial charge in [0.15, 0.2) is 11.8 Å². The highest BCUT2D eigenvalue weighted by molar-refractivity contribution is 5.80. The number of aryl methyl sites for hydroxylation is 1. The second-order valence-corrected chi connectivity index (χ2v) is 7.72. The molecule has 2 N–H and O–H groups in total. The lowest BCUT2D eigenvalue weighted by atomic mass is 9.56. The summed E-state index contributed by atoms with van der Waals surface area (Å²) >= 11 is 0. The van der Waals surface area contributed by atoms with Gasteiger partial charge < -0.3 is 24.7 Å². The molecule has 1 saturated carbocycles. The number of hydrogen-bond donors (Lipinski definition) is 2. The fourth-order valence-electron chi connectivity index (χ4n) is 3.20. The largest absolute Gasteiger partial charge is 0.385 e. The van der Waals surface area contributed by atoms with Gasteiger partial charge in [-0.2, -0.15) is 0 Å². The molecule has 26 heavy (non-hydrogen) atoms. The summed E-state index contributed by atoms with van der Waals surface area (Å²) in [4.78, 5) is 4.72. The number of hydrogen-bond acceptors (Lipinski definition) is 5. The number of nitrogens with one attached hydrogen (secondary N) is 2. The molecule has 0 saturated heterocycles. The maximum atomic E-state index is 5.72. The number of guanidine groups is 1. The molecule has 1 aromatic rings. The number of nitrogens with zero attached hydrogens (tertiary/aromatic N) is 4. The molecular weight excluding hydrogens is 332 g/mol. The van der Waals surface area contributed by atoms with Crippen molar-refractivity contribution in [2.24, 2.45) is 17.5 Å². The van der Waals surface area contributed by atoms with Crippen LogP contribution in [0, 0.1) is 12.3 Å². The van der Waals surface area contributed by atoms with Crippen LogP contribution in [0.15, 0.2) is 4.99 Å². The minimum atomic E-state index is -0.119. The van der Waals surface area contributed by atoms with Crippen molar-refractivity contribution in [3.63, 3.8) is 0 Å². The van der Waals surface area contributed by atoms with E-state index in [9.17, 15) is 0 Å². The SMILES string of the molecule is COCCCNC(=NCc1nnc(C)n1C)NC1CC(C)(OC)C1(C)C. The average molecular weight is 367 g/mol. The number of ether oxygens (including phenoxy) is 2. The Morgan fingerprint density at radius 2 is 2.04 bits per heavy atom. The maximum absolute atomic E-state index is 5.72. The molecule has 0 spiro atoms. The van der Waals surface area contributed by atoms with Gasteiger partial charge in [-0.3, -0.25) is 0 Å². The van der Waals surface area contributed by atoms with Gasteiger partial charge in [0.1, 0.15) is 12.4 Å². The number of aromatic nitrogens is 3. The van der Waals surface area contributed by atoms with Gasteiger partial charge in [0.2, 0.25) is 0 Å². The van der Waals surface area contributed by atoms with Crippen molar-refractivity contribution in [2.45, 2.75) is 58.7 Å². The Kier molecular flexibility index (Phi) is 6.63. The molecule has 0 aromatic carbocycles. The van der Waals surface area contributed by atoms with E-state index in [1.54, 1.807) is 14.2 Å². The van der Waals surface area contributed by atoms with E-state index >= 15 is 0 Å². The smallest absolute Gasteiger partial charge is 0.191 e. The molecule has 148 valence electrons. The highest BCUT2D eigenvalue weighted by Crippen LogP contribution is 2.51. The number of methoxy groups -OCH3 is 2. The zero-order valence-electron chi connectivity index (χ0n) is 17.2.